The Morgan fingerprint density at radius 3 is 2.86 bits per heavy atom. The van der Waals surface area contributed by atoms with Gasteiger partial charge >= 0.3 is 0 Å². The molecule has 3 nitrogen and oxygen atoms in total. The van der Waals surface area contributed by atoms with Gasteiger partial charge in [-0.25, -0.2) is 4.39 Å². The molecular formula is C9H12FNO2S. The van der Waals surface area contributed by atoms with Gasteiger partial charge in [0.1, 0.15) is 5.82 Å². The molecule has 0 aromatic heterocycles. The highest BCUT2D eigenvalue weighted by atomic mass is 32.2. The van der Waals surface area contributed by atoms with E-state index in [9.17, 15) is 8.60 Å². The number of methoxy groups -OCH3 is 1. The molecule has 78 valence electrons. The first-order valence-electron chi connectivity index (χ1n) is 4.07. The molecule has 1 aromatic rings. The molecule has 0 spiro atoms. The average molecular weight is 217 g/mol. The lowest BCUT2D eigenvalue weighted by atomic mass is 10.3. The van der Waals surface area contributed by atoms with E-state index in [-0.39, 0.29) is 5.69 Å². The van der Waals surface area contributed by atoms with Crippen molar-refractivity contribution in [3.8, 4) is 0 Å². The van der Waals surface area contributed by atoms with Crippen LogP contribution in [0.1, 0.15) is 0 Å². The van der Waals surface area contributed by atoms with Crippen LogP contribution in [0.25, 0.3) is 0 Å². The third kappa shape index (κ3) is 2.78. The van der Waals surface area contributed by atoms with Crippen LogP contribution in [0.15, 0.2) is 23.1 Å². The van der Waals surface area contributed by atoms with E-state index in [1.165, 1.54) is 25.3 Å². The minimum Gasteiger partial charge on any atom is -0.398 e. The number of benzene rings is 1. The second kappa shape index (κ2) is 5.07. The first-order valence-corrected chi connectivity index (χ1v) is 5.39. The minimum atomic E-state index is -1.22. The van der Waals surface area contributed by atoms with Gasteiger partial charge in [0.2, 0.25) is 0 Å². The molecule has 14 heavy (non-hydrogen) atoms. The van der Waals surface area contributed by atoms with Gasteiger partial charge in [-0.15, -0.1) is 0 Å². The second-order valence-electron chi connectivity index (χ2n) is 2.72. The summed E-state index contributed by atoms with van der Waals surface area (Å²) < 4.78 is 29.0. The highest BCUT2D eigenvalue weighted by Gasteiger charge is 2.08. The van der Waals surface area contributed by atoms with E-state index < -0.39 is 16.6 Å². The fraction of sp³-hybridized carbons (Fsp3) is 0.333. The zero-order valence-corrected chi connectivity index (χ0v) is 8.64. The molecule has 1 rings (SSSR count). The van der Waals surface area contributed by atoms with Crippen LogP contribution in [0, 0.1) is 5.82 Å². The van der Waals surface area contributed by atoms with Crippen molar-refractivity contribution in [3.05, 3.63) is 24.0 Å². The van der Waals surface area contributed by atoms with Crippen molar-refractivity contribution in [3.63, 3.8) is 0 Å². The number of halogens is 1. The number of hydrogen-bond donors (Lipinski definition) is 1. The summed E-state index contributed by atoms with van der Waals surface area (Å²) in [5.74, 6) is -0.0539. The lowest BCUT2D eigenvalue weighted by molar-refractivity contribution is 0.218. The molecule has 0 saturated heterocycles. The van der Waals surface area contributed by atoms with Crippen LogP contribution < -0.4 is 5.73 Å². The number of nitrogen functional groups attached to an aromatic ring is 1. The molecule has 0 bridgehead atoms. The van der Waals surface area contributed by atoms with E-state index in [1.807, 2.05) is 0 Å². The predicted molar refractivity (Wildman–Crippen MR) is 54.0 cm³/mol. The van der Waals surface area contributed by atoms with Gasteiger partial charge < -0.3 is 10.5 Å². The normalized spacial score (nSPS) is 12.7. The van der Waals surface area contributed by atoms with E-state index in [1.54, 1.807) is 0 Å². The van der Waals surface area contributed by atoms with Crippen LogP contribution in [-0.4, -0.2) is 23.7 Å². The van der Waals surface area contributed by atoms with Crippen molar-refractivity contribution < 1.29 is 13.3 Å². The molecule has 1 atom stereocenters. The molecule has 0 aliphatic heterocycles. The fourth-order valence-corrected chi connectivity index (χ4v) is 2.08. The van der Waals surface area contributed by atoms with Crippen LogP contribution >= 0.6 is 0 Å². The van der Waals surface area contributed by atoms with Crippen LogP contribution in [0.4, 0.5) is 10.1 Å². The van der Waals surface area contributed by atoms with Gasteiger partial charge in [-0.3, -0.25) is 4.21 Å². The van der Waals surface area contributed by atoms with E-state index in [2.05, 4.69) is 0 Å². The summed E-state index contributed by atoms with van der Waals surface area (Å²) in [5, 5.41) is 0. The van der Waals surface area contributed by atoms with Crippen LogP contribution in [0.5, 0.6) is 0 Å². The van der Waals surface area contributed by atoms with Gasteiger partial charge in [-0.05, 0) is 18.2 Å². The number of anilines is 1. The van der Waals surface area contributed by atoms with Gasteiger partial charge in [-0.2, -0.15) is 0 Å². The molecule has 0 aliphatic carbocycles. The average Bonchev–Trinajstić information content (AvgIpc) is 2.14. The van der Waals surface area contributed by atoms with Gasteiger partial charge in [0, 0.05) is 7.11 Å². The Hall–Kier alpha value is -0.940. The van der Waals surface area contributed by atoms with E-state index in [0.717, 1.165) is 0 Å². The smallest absolute Gasteiger partial charge is 0.125 e. The summed E-state index contributed by atoms with van der Waals surface area (Å²) >= 11 is 0. The van der Waals surface area contributed by atoms with Gasteiger partial charge in [-0.1, -0.05) is 0 Å². The minimum absolute atomic E-state index is 0.222. The third-order valence-electron chi connectivity index (χ3n) is 1.69. The largest absolute Gasteiger partial charge is 0.398 e. The second-order valence-corrected chi connectivity index (χ2v) is 4.26. The highest BCUT2D eigenvalue weighted by molar-refractivity contribution is 7.85. The molecule has 0 saturated carbocycles. The van der Waals surface area contributed by atoms with Crippen molar-refractivity contribution in [2.45, 2.75) is 4.90 Å². The molecule has 1 unspecified atom stereocenters. The SMILES string of the molecule is COCCS(=O)c1ccc(F)cc1N. The number of rotatable bonds is 4. The fourth-order valence-electron chi connectivity index (χ4n) is 0.996. The lowest BCUT2D eigenvalue weighted by Gasteiger charge is -2.04. The Labute approximate surface area is 84.5 Å². The van der Waals surface area contributed by atoms with E-state index in [0.29, 0.717) is 17.3 Å². The first-order chi connectivity index (χ1) is 6.65. The van der Waals surface area contributed by atoms with Crippen molar-refractivity contribution >= 4 is 16.5 Å². The maximum atomic E-state index is 12.7. The van der Waals surface area contributed by atoms with Crippen molar-refractivity contribution in [2.75, 3.05) is 25.2 Å². The van der Waals surface area contributed by atoms with Crippen molar-refractivity contribution in [2.24, 2.45) is 0 Å². The van der Waals surface area contributed by atoms with Gasteiger partial charge in [0.25, 0.3) is 0 Å². The summed E-state index contributed by atoms with van der Waals surface area (Å²) in [6.45, 7) is 0.392. The molecule has 0 heterocycles. The van der Waals surface area contributed by atoms with E-state index >= 15 is 0 Å². The topological polar surface area (TPSA) is 52.3 Å². The molecule has 2 N–H and O–H groups in total. The number of ether oxygens (including phenoxy) is 1. The Morgan fingerprint density at radius 1 is 1.57 bits per heavy atom. The summed E-state index contributed by atoms with van der Waals surface area (Å²) in [6, 6.07) is 3.85. The molecule has 0 radical (unpaired) electrons. The maximum Gasteiger partial charge on any atom is 0.125 e. The molecule has 0 fully saturated rings. The Kier molecular flexibility index (Phi) is 4.03. The number of nitrogens with two attached hydrogens (primary N) is 1. The molecule has 0 amide bonds. The Bertz CT molecular complexity index is 344. The molecule has 0 aliphatic rings. The lowest BCUT2D eigenvalue weighted by Crippen LogP contribution is -2.06. The number of hydrogen-bond acceptors (Lipinski definition) is 3. The summed E-state index contributed by atoms with van der Waals surface area (Å²) in [7, 11) is 0.313. The monoisotopic (exact) mass is 217 g/mol. The van der Waals surface area contributed by atoms with Gasteiger partial charge in [0.05, 0.1) is 33.7 Å². The standard InChI is InChI=1S/C9H12FNO2S/c1-13-4-5-14(12)9-3-2-7(10)6-8(9)11/h2-3,6H,4-5,11H2,1H3. The summed E-state index contributed by atoms with van der Waals surface area (Å²) in [4.78, 5) is 0.462. The predicted octanol–water partition coefficient (Wildman–Crippen LogP) is 1.16. The zero-order valence-electron chi connectivity index (χ0n) is 7.83. The van der Waals surface area contributed by atoms with Gasteiger partial charge in [0.15, 0.2) is 0 Å². The van der Waals surface area contributed by atoms with Crippen molar-refractivity contribution in [1.29, 1.82) is 0 Å². The van der Waals surface area contributed by atoms with Crippen LogP contribution in [-0.2, 0) is 15.5 Å². The quantitative estimate of drug-likeness (QED) is 0.770. The maximum absolute atomic E-state index is 12.7. The third-order valence-corrected chi connectivity index (χ3v) is 3.09. The highest BCUT2D eigenvalue weighted by Crippen LogP contribution is 2.17. The zero-order chi connectivity index (χ0) is 10.6. The summed E-state index contributed by atoms with van der Waals surface area (Å²) in [5.41, 5.74) is 5.74. The molecular weight excluding hydrogens is 205 g/mol. The Morgan fingerprint density at radius 2 is 2.29 bits per heavy atom. The van der Waals surface area contributed by atoms with Crippen molar-refractivity contribution in [1.82, 2.24) is 0 Å². The van der Waals surface area contributed by atoms with Crippen LogP contribution in [0.3, 0.4) is 0 Å². The van der Waals surface area contributed by atoms with Crippen LogP contribution in [0.2, 0.25) is 0 Å². The Balaban J connectivity index is 2.80. The van der Waals surface area contributed by atoms with E-state index in [4.69, 9.17) is 10.5 Å². The molecule has 1 aromatic carbocycles. The summed E-state index contributed by atoms with van der Waals surface area (Å²) in [6.07, 6.45) is 0. The molecule has 5 heteroatoms. The first kappa shape index (κ1) is 11.1.